The molecular weight excluding hydrogens is 753 g/mol. The lowest BCUT2D eigenvalue weighted by molar-refractivity contribution is -0.199. The zero-order chi connectivity index (χ0) is 42.0. The molecule has 1 heterocycles. The lowest BCUT2D eigenvalue weighted by Crippen LogP contribution is -2.43. The van der Waals surface area contributed by atoms with E-state index < -0.39 is 57.1 Å². The monoisotopic (exact) mass is 830 g/mol. The topological polar surface area (TPSA) is 204 Å². The van der Waals surface area contributed by atoms with Gasteiger partial charge in [-0.05, 0) is 64.2 Å². The Morgan fingerprint density at radius 3 is 2.16 bits per heavy atom. The highest BCUT2D eigenvalue weighted by Gasteiger charge is 2.35. The van der Waals surface area contributed by atoms with E-state index in [1.165, 1.54) is 19.3 Å². The number of aliphatic hydroxyl groups is 3. The van der Waals surface area contributed by atoms with Gasteiger partial charge in [-0.1, -0.05) is 114 Å². The number of hydrogen-bond acceptors (Lipinski definition) is 12. The number of nitrogens with two attached hydrogens (primary N) is 1. The second-order valence-electron chi connectivity index (χ2n) is 14.7. The Labute approximate surface area is 342 Å². The van der Waals surface area contributed by atoms with Gasteiger partial charge in [0.1, 0.15) is 6.61 Å². The third-order valence-electron chi connectivity index (χ3n) is 9.48. The first-order valence-electron chi connectivity index (χ1n) is 21.5. The summed E-state index contributed by atoms with van der Waals surface area (Å²) in [6, 6.07) is 0. The molecule has 13 nitrogen and oxygen atoms in total. The maximum Gasteiger partial charge on any atom is 0.472 e. The summed E-state index contributed by atoms with van der Waals surface area (Å²) in [6.45, 7) is 3.25. The van der Waals surface area contributed by atoms with Crippen molar-refractivity contribution in [2.24, 2.45) is 11.7 Å². The van der Waals surface area contributed by atoms with E-state index in [9.17, 15) is 34.4 Å². The molecule has 1 aliphatic heterocycles. The van der Waals surface area contributed by atoms with Crippen molar-refractivity contribution in [1.29, 1.82) is 0 Å². The van der Waals surface area contributed by atoms with Crippen LogP contribution in [0.1, 0.15) is 149 Å². The third kappa shape index (κ3) is 29.6. The van der Waals surface area contributed by atoms with Gasteiger partial charge in [0.05, 0.1) is 31.5 Å². The van der Waals surface area contributed by atoms with Crippen LogP contribution in [-0.4, -0.2) is 89.2 Å². The second-order valence-corrected chi connectivity index (χ2v) is 16.2. The van der Waals surface area contributed by atoms with E-state index in [-0.39, 0.29) is 44.9 Å². The second kappa shape index (κ2) is 34.7. The number of allylic oxidation sites excluding steroid dienone is 6. The van der Waals surface area contributed by atoms with Gasteiger partial charge in [-0.3, -0.25) is 18.6 Å². The zero-order valence-corrected chi connectivity index (χ0v) is 35.7. The van der Waals surface area contributed by atoms with E-state index in [1.54, 1.807) is 12.2 Å². The third-order valence-corrected chi connectivity index (χ3v) is 10.5. The van der Waals surface area contributed by atoms with Crippen molar-refractivity contribution >= 4 is 19.8 Å². The summed E-state index contributed by atoms with van der Waals surface area (Å²) < 4.78 is 38.4. The van der Waals surface area contributed by atoms with Gasteiger partial charge in [0, 0.05) is 31.7 Å². The molecule has 6 N–H and O–H groups in total. The molecule has 0 aliphatic carbocycles. The summed E-state index contributed by atoms with van der Waals surface area (Å²) in [5.41, 5.74) is 5.34. The molecule has 1 aliphatic rings. The number of phosphoric acid groups is 1. The summed E-state index contributed by atoms with van der Waals surface area (Å²) >= 11 is 0. The molecule has 330 valence electrons. The van der Waals surface area contributed by atoms with Gasteiger partial charge >= 0.3 is 19.8 Å². The molecule has 7 atom stereocenters. The molecule has 57 heavy (non-hydrogen) atoms. The summed E-state index contributed by atoms with van der Waals surface area (Å²) in [7, 11) is -4.45. The maximum absolute atomic E-state index is 12.6. The normalized spacial score (nSPS) is 21.1. The predicted octanol–water partition coefficient (Wildman–Crippen LogP) is 8.05. The van der Waals surface area contributed by atoms with Gasteiger partial charge in [0.2, 0.25) is 0 Å². The smallest absolute Gasteiger partial charge is 0.462 e. The average molecular weight is 830 g/mol. The molecule has 0 saturated carbocycles. The highest BCUT2D eigenvalue weighted by atomic mass is 31.2. The summed E-state index contributed by atoms with van der Waals surface area (Å²) in [6.07, 6.45) is 29.0. The van der Waals surface area contributed by atoms with E-state index in [4.69, 9.17) is 29.0 Å². The first kappa shape index (κ1) is 52.8. The van der Waals surface area contributed by atoms with Gasteiger partial charge in [-0.15, -0.1) is 0 Å². The van der Waals surface area contributed by atoms with Crippen molar-refractivity contribution in [3.05, 3.63) is 48.6 Å². The number of phosphoric ester groups is 1. The number of esters is 2. The molecule has 14 heteroatoms. The molecule has 0 aromatic rings. The molecule has 0 aromatic heterocycles. The number of carbonyl (C=O) groups is 2. The van der Waals surface area contributed by atoms with Crippen LogP contribution in [0.3, 0.4) is 0 Å². The van der Waals surface area contributed by atoms with E-state index in [0.717, 1.165) is 64.2 Å². The molecule has 1 fully saturated rings. The van der Waals surface area contributed by atoms with Gasteiger partial charge < -0.3 is 40.2 Å². The fourth-order valence-electron chi connectivity index (χ4n) is 6.17. The first-order valence-corrected chi connectivity index (χ1v) is 23.0. The maximum atomic E-state index is 12.6. The molecule has 1 saturated heterocycles. The highest BCUT2D eigenvalue weighted by molar-refractivity contribution is 7.47. The van der Waals surface area contributed by atoms with Crippen LogP contribution in [0.2, 0.25) is 0 Å². The first-order chi connectivity index (χ1) is 27.5. The van der Waals surface area contributed by atoms with E-state index in [1.807, 2.05) is 12.2 Å². The molecule has 0 aromatic carbocycles. The lowest BCUT2D eigenvalue weighted by Gasteiger charge is -2.36. The lowest BCUT2D eigenvalue weighted by atomic mass is 9.87. The Hall–Kier alpha value is -2.19. The van der Waals surface area contributed by atoms with Gasteiger partial charge in [-0.2, -0.15) is 0 Å². The van der Waals surface area contributed by atoms with Gasteiger partial charge in [0.15, 0.2) is 12.4 Å². The van der Waals surface area contributed by atoms with E-state index in [0.29, 0.717) is 32.1 Å². The fraction of sp³-hybridized carbons (Fsp3) is 0.767. The average Bonchev–Trinajstić information content (AvgIpc) is 3.17. The molecule has 0 radical (unpaired) electrons. The standard InChI is InChI=1S/C43H76NO12P/c1-3-5-7-8-9-10-11-12-13-14-15-16-17-18-24-28-42(48)55-37(35-54-57(50,51)53-32-31-44)34-52-41(47)27-23-20-19-22-26-38-39(46)33-43(49)56-40(38)30-29-36(45)25-21-6-4-2/h9-10,12-13,19,22,29-30,36-40,43,45-46,49H,3-8,11,14-18,20-21,23-28,31-35,44H2,1-2H3,(H,50,51)/b10-9-,13-12-,22-19-,30-29+/t36-,37+,38-,39-,40+,43?/m0/s1. The molecule has 0 bridgehead atoms. The number of aliphatic hydroxyl groups excluding tert-OH is 3. The zero-order valence-electron chi connectivity index (χ0n) is 34.8. The minimum absolute atomic E-state index is 0.00981. The summed E-state index contributed by atoms with van der Waals surface area (Å²) in [5.74, 6) is -1.35. The van der Waals surface area contributed by atoms with Crippen LogP contribution in [0.15, 0.2) is 48.6 Å². The fourth-order valence-corrected chi connectivity index (χ4v) is 6.94. The number of rotatable bonds is 35. The van der Waals surface area contributed by atoms with Crippen molar-refractivity contribution < 1.29 is 57.6 Å². The van der Waals surface area contributed by atoms with Crippen LogP contribution in [0, 0.1) is 5.92 Å². The Morgan fingerprint density at radius 2 is 1.44 bits per heavy atom. The van der Waals surface area contributed by atoms with Crippen LogP contribution in [-0.2, 0) is 37.4 Å². The highest BCUT2D eigenvalue weighted by Crippen LogP contribution is 2.43. The minimum Gasteiger partial charge on any atom is -0.462 e. The Bertz CT molecular complexity index is 1190. The van der Waals surface area contributed by atoms with Gasteiger partial charge in [0.25, 0.3) is 0 Å². The molecular formula is C43H76NO12P. The molecule has 0 spiro atoms. The minimum atomic E-state index is -4.45. The van der Waals surface area contributed by atoms with Crippen LogP contribution >= 0.6 is 7.82 Å². The van der Waals surface area contributed by atoms with E-state index in [2.05, 4.69) is 38.2 Å². The quantitative estimate of drug-likeness (QED) is 0.0178. The van der Waals surface area contributed by atoms with Crippen molar-refractivity contribution in [2.75, 3.05) is 26.4 Å². The Balaban J connectivity index is 2.46. The summed E-state index contributed by atoms with van der Waals surface area (Å²) in [4.78, 5) is 35.1. The number of carbonyl (C=O) groups excluding carboxylic acids is 2. The summed E-state index contributed by atoms with van der Waals surface area (Å²) in [5, 5.41) is 30.9. The van der Waals surface area contributed by atoms with Crippen LogP contribution in [0.5, 0.6) is 0 Å². The SMILES string of the molecule is CCCCC/C=C\C/C=C\CCCCCCCC(=O)O[C@H](COC(=O)CCC/C=C\C[C@H]1[C@@H](O)CC(O)O[C@@H]1/C=C/[C@@H](O)CCCCC)COP(=O)(O)OCCN. The van der Waals surface area contributed by atoms with Crippen molar-refractivity contribution in [3.63, 3.8) is 0 Å². The van der Waals surface area contributed by atoms with Crippen molar-refractivity contribution in [2.45, 2.75) is 179 Å². The molecule has 0 amide bonds. The van der Waals surface area contributed by atoms with Crippen molar-refractivity contribution in [3.8, 4) is 0 Å². The number of ether oxygens (including phenoxy) is 3. The van der Waals surface area contributed by atoms with Crippen molar-refractivity contribution in [1.82, 2.24) is 0 Å². The van der Waals surface area contributed by atoms with Crippen LogP contribution in [0.25, 0.3) is 0 Å². The molecule has 2 unspecified atom stereocenters. The number of unbranched alkanes of at least 4 members (excludes halogenated alkanes) is 11. The molecule has 1 rings (SSSR count). The van der Waals surface area contributed by atoms with Crippen LogP contribution in [0.4, 0.5) is 0 Å². The van der Waals surface area contributed by atoms with E-state index >= 15 is 0 Å². The number of hydrogen-bond donors (Lipinski definition) is 5. The van der Waals surface area contributed by atoms with Crippen LogP contribution < -0.4 is 5.73 Å². The largest absolute Gasteiger partial charge is 0.472 e. The predicted molar refractivity (Wildman–Crippen MR) is 223 cm³/mol. The Kier molecular flexibility index (Phi) is 32.1. The van der Waals surface area contributed by atoms with Gasteiger partial charge in [-0.25, -0.2) is 4.57 Å². The Morgan fingerprint density at radius 1 is 0.807 bits per heavy atom.